The summed E-state index contributed by atoms with van der Waals surface area (Å²) in [6.45, 7) is 6.47. The summed E-state index contributed by atoms with van der Waals surface area (Å²) in [7, 11) is -4.11. The van der Waals surface area contributed by atoms with Gasteiger partial charge in [-0.3, -0.25) is 4.72 Å². The molecule has 0 aromatic heterocycles. The lowest BCUT2D eigenvalue weighted by Crippen LogP contribution is -2.30. The summed E-state index contributed by atoms with van der Waals surface area (Å²) < 4.78 is 66.0. The summed E-state index contributed by atoms with van der Waals surface area (Å²) >= 11 is 0. The molecule has 1 heterocycles. The molecule has 1 saturated heterocycles. The minimum absolute atomic E-state index is 0.322. The van der Waals surface area contributed by atoms with E-state index < -0.39 is 26.7 Å². The molecule has 1 aliphatic rings. The minimum atomic E-state index is -4.60. The quantitative estimate of drug-likeness (QED) is 0.700. The number of sulfonamides is 1. The zero-order valence-electron chi connectivity index (χ0n) is 16.4. The molecule has 158 valence electrons. The fourth-order valence-electron chi connectivity index (χ4n) is 3.90. The molecule has 2 aromatic carbocycles. The Balaban J connectivity index is 1.74. The van der Waals surface area contributed by atoms with Crippen LogP contribution in [0, 0.1) is 0 Å². The van der Waals surface area contributed by atoms with E-state index in [1.807, 2.05) is 12.1 Å². The Kier molecular flexibility index (Phi) is 6.24. The molecule has 0 unspecified atom stereocenters. The van der Waals surface area contributed by atoms with Gasteiger partial charge < -0.3 is 4.90 Å². The molecule has 1 fully saturated rings. The summed E-state index contributed by atoms with van der Waals surface area (Å²) in [5.74, 6) is 0.385. The number of benzene rings is 2. The number of nitrogens with zero attached hydrogens (tertiary/aromatic N) is 1. The lowest BCUT2D eigenvalue weighted by molar-refractivity contribution is -0.137. The Morgan fingerprint density at radius 2 is 1.83 bits per heavy atom. The smallest absolute Gasteiger partial charge is 0.300 e. The second kappa shape index (κ2) is 8.36. The van der Waals surface area contributed by atoms with Crippen LogP contribution in [0.15, 0.2) is 53.4 Å². The van der Waals surface area contributed by atoms with Gasteiger partial charge in [0.05, 0.1) is 10.5 Å². The Bertz CT molecular complexity index is 943. The van der Waals surface area contributed by atoms with Crippen LogP contribution in [0.25, 0.3) is 0 Å². The van der Waals surface area contributed by atoms with Crippen molar-refractivity contribution in [2.75, 3.05) is 17.8 Å². The summed E-state index contributed by atoms with van der Waals surface area (Å²) in [6.07, 6.45) is -2.44. The molecular formula is C21H25F3N2O2S. The summed E-state index contributed by atoms with van der Waals surface area (Å²) in [4.78, 5) is 2.03. The van der Waals surface area contributed by atoms with Crippen molar-refractivity contribution >= 4 is 15.7 Å². The van der Waals surface area contributed by atoms with Crippen molar-refractivity contribution in [3.05, 3.63) is 59.7 Å². The number of anilines is 1. The second-order valence-corrected chi connectivity index (χ2v) is 9.11. The Morgan fingerprint density at radius 1 is 1.14 bits per heavy atom. The molecule has 0 amide bonds. The van der Waals surface area contributed by atoms with Crippen molar-refractivity contribution in [1.82, 2.24) is 4.90 Å². The van der Waals surface area contributed by atoms with E-state index in [-0.39, 0.29) is 0 Å². The van der Waals surface area contributed by atoms with Gasteiger partial charge in [0, 0.05) is 17.6 Å². The molecule has 8 heteroatoms. The van der Waals surface area contributed by atoms with Crippen LogP contribution in [0.2, 0.25) is 0 Å². The van der Waals surface area contributed by atoms with E-state index in [2.05, 4.69) is 23.5 Å². The maximum Gasteiger partial charge on any atom is 0.416 e. The minimum Gasteiger partial charge on any atom is -0.300 e. The van der Waals surface area contributed by atoms with Crippen LogP contribution in [0.4, 0.5) is 18.9 Å². The molecule has 2 aromatic rings. The number of hydrogen-bond acceptors (Lipinski definition) is 3. The van der Waals surface area contributed by atoms with Gasteiger partial charge in [-0.05, 0) is 68.8 Å². The molecule has 3 rings (SSSR count). The molecule has 0 aliphatic carbocycles. The number of nitrogens with one attached hydrogen (secondary N) is 1. The highest BCUT2D eigenvalue weighted by Gasteiger charge is 2.32. The van der Waals surface area contributed by atoms with Crippen molar-refractivity contribution < 1.29 is 21.6 Å². The van der Waals surface area contributed by atoms with Crippen LogP contribution in [0.3, 0.4) is 0 Å². The highest BCUT2D eigenvalue weighted by Crippen LogP contribution is 2.34. The largest absolute Gasteiger partial charge is 0.416 e. The van der Waals surface area contributed by atoms with Crippen molar-refractivity contribution in [3.8, 4) is 0 Å². The topological polar surface area (TPSA) is 49.4 Å². The lowest BCUT2D eigenvalue weighted by Gasteiger charge is -2.24. The monoisotopic (exact) mass is 426 g/mol. The number of alkyl halides is 3. The molecular weight excluding hydrogens is 401 g/mol. The summed E-state index contributed by atoms with van der Waals surface area (Å²) in [5.41, 5.74) is 0.461. The molecule has 1 N–H and O–H groups in total. The zero-order valence-corrected chi connectivity index (χ0v) is 17.2. The lowest BCUT2D eigenvalue weighted by atomic mass is 9.92. The zero-order chi connectivity index (χ0) is 21.2. The first-order valence-electron chi connectivity index (χ1n) is 9.66. The third kappa shape index (κ3) is 4.93. The molecule has 4 nitrogen and oxygen atoms in total. The molecule has 0 saturated carbocycles. The fourth-order valence-corrected chi connectivity index (χ4v) is 5.01. The molecule has 2 atom stereocenters. The number of likely N-dealkylation sites (tertiary alicyclic amines) is 1. The van der Waals surface area contributed by atoms with Crippen molar-refractivity contribution in [2.24, 2.45) is 0 Å². The maximum atomic E-state index is 12.9. The Labute approximate surface area is 169 Å². The molecule has 0 bridgehead atoms. The first-order chi connectivity index (χ1) is 13.6. The van der Waals surface area contributed by atoms with Crippen molar-refractivity contribution in [3.63, 3.8) is 0 Å². The fraction of sp³-hybridized carbons (Fsp3) is 0.429. The van der Waals surface area contributed by atoms with Crippen molar-refractivity contribution in [1.29, 1.82) is 0 Å². The second-order valence-electron chi connectivity index (χ2n) is 7.42. The van der Waals surface area contributed by atoms with E-state index in [9.17, 15) is 21.6 Å². The average molecular weight is 427 g/mol. The van der Waals surface area contributed by atoms with Crippen LogP contribution in [0.1, 0.15) is 43.7 Å². The maximum absolute atomic E-state index is 12.9. The summed E-state index contributed by atoms with van der Waals surface area (Å²) in [6, 6.07) is 11.2. The van der Waals surface area contributed by atoms with E-state index in [0.29, 0.717) is 23.7 Å². The van der Waals surface area contributed by atoms with Gasteiger partial charge in [0.25, 0.3) is 10.0 Å². The SMILES string of the molecule is CCCN1CC[C@@H](c2ccc(NS(=O)(=O)c3cccc(C(F)(F)F)c3)cc2)[C@H]1C. The third-order valence-corrected chi connectivity index (χ3v) is 6.84. The van der Waals surface area contributed by atoms with E-state index in [1.54, 1.807) is 12.1 Å². The Morgan fingerprint density at radius 3 is 2.45 bits per heavy atom. The predicted molar refractivity (Wildman–Crippen MR) is 107 cm³/mol. The highest BCUT2D eigenvalue weighted by atomic mass is 32.2. The van der Waals surface area contributed by atoms with Gasteiger partial charge in [-0.25, -0.2) is 8.42 Å². The van der Waals surface area contributed by atoms with Gasteiger partial charge >= 0.3 is 6.18 Å². The van der Waals surface area contributed by atoms with Crippen LogP contribution >= 0.6 is 0 Å². The van der Waals surface area contributed by atoms with Gasteiger partial charge in [-0.15, -0.1) is 0 Å². The van der Waals surface area contributed by atoms with E-state index in [1.165, 1.54) is 0 Å². The van der Waals surface area contributed by atoms with Crippen LogP contribution in [-0.2, 0) is 16.2 Å². The van der Waals surface area contributed by atoms with E-state index in [4.69, 9.17) is 0 Å². The number of rotatable bonds is 6. The van der Waals surface area contributed by atoms with Gasteiger partial charge in [0.1, 0.15) is 0 Å². The average Bonchev–Trinajstić information content (AvgIpc) is 3.02. The van der Waals surface area contributed by atoms with Crippen LogP contribution in [-0.4, -0.2) is 32.4 Å². The van der Waals surface area contributed by atoms with Crippen LogP contribution in [0.5, 0.6) is 0 Å². The molecule has 0 radical (unpaired) electrons. The van der Waals surface area contributed by atoms with Gasteiger partial charge in [-0.1, -0.05) is 25.1 Å². The van der Waals surface area contributed by atoms with Gasteiger partial charge in [-0.2, -0.15) is 13.2 Å². The van der Waals surface area contributed by atoms with Crippen LogP contribution < -0.4 is 4.72 Å². The molecule has 1 aliphatic heterocycles. The summed E-state index contributed by atoms with van der Waals surface area (Å²) in [5, 5.41) is 0. The third-order valence-electron chi connectivity index (χ3n) is 5.46. The Hall–Kier alpha value is -2.06. The van der Waals surface area contributed by atoms with Crippen molar-refractivity contribution in [2.45, 2.75) is 49.7 Å². The predicted octanol–water partition coefficient (Wildman–Crippen LogP) is 5.09. The van der Waals surface area contributed by atoms with E-state index >= 15 is 0 Å². The van der Waals surface area contributed by atoms with Gasteiger partial charge in [0.2, 0.25) is 0 Å². The normalized spacial score (nSPS) is 20.7. The molecule has 29 heavy (non-hydrogen) atoms. The standard InChI is InChI=1S/C21H25F3N2O2S/c1-3-12-26-13-11-20(15(26)2)16-7-9-18(10-8-16)25-29(27,28)19-6-4-5-17(14-19)21(22,23)24/h4-10,14-15,20,25H,3,11-13H2,1-2H3/t15-,20-/m1/s1. The van der Waals surface area contributed by atoms with E-state index in [0.717, 1.165) is 49.7 Å². The first-order valence-corrected chi connectivity index (χ1v) is 11.1. The number of halogens is 3. The number of hydrogen-bond donors (Lipinski definition) is 1. The molecule has 0 spiro atoms. The first kappa shape index (κ1) is 21.6. The highest BCUT2D eigenvalue weighted by molar-refractivity contribution is 7.92. The van der Waals surface area contributed by atoms with Gasteiger partial charge in [0.15, 0.2) is 0 Å².